The third kappa shape index (κ3) is 6.48. The van der Waals surface area contributed by atoms with Crippen molar-refractivity contribution in [2.75, 3.05) is 5.32 Å². The molecule has 2 aliphatic rings. The van der Waals surface area contributed by atoms with Crippen molar-refractivity contribution >= 4 is 11.3 Å². The minimum atomic E-state index is 0.843. The van der Waals surface area contributed by atoms with Crippen LogP contribution in [0.15, 0.2) is 175 Å². The first-order chi connectivity index (χ1) is 20.2. The number of nitrogens with one attached hydrogen (secondary N) is 1. The van der Waals surface area contributed by atoms with Gasteiger partial charge in [-0.2, -0.15) is 0 Å². The summed E-state index contributed by atoms with van der Waals surface area (Å²) in [6, 6.07) is 38.7. The molecule has 0 saturated heterocycles. The van der Waals surface area contributed by atoms with Crippen LogP contribution in [0.5, 0.6) is 0 Å². The van der Waals surface area contributed by atoms with Crippen LogP contribution in [0.4, 0.5) is 5.69 Å². The maximum Gasteiger partial charge on any atom is 0.0426 e. The Morgan fingerprint density at radius 3 is 1.80 bits per heavy atom. The monoisotopic (exact) mass is 529 g/mol. The largest absolute Gasteiger partial charge is 0.355 e. The molecule has 41 heavy (non-hydrogen) atoms. The van der Waals surface area contributed by atoms with E-state index in [9.17, 15) is 0 Å². The van der Waals surface area contributed by atoms with Gasteiger partial charge in [-0.3, -0.25) is 0 Å². The van der Waals surface area contributed by atoms with Crippen molar-refractivity contribution in [1.82, 2.24) is 0 Å². The molecule has 0 radical (unpaired) electrons. The van der Waals surface area contributed by atoms with Crippen LogP contribution in [0, 0.1) is 0 Å². The minimum Gasteiger partial charge on any atom is -0.355 e. The lowest BCUT2D eigenvalue weighted by atomic mass is 9.91. The number of rotatable bonds is 5. The standard InChI is InChI=1S/C40H35N/c1-30-28-37-18-9-8-14-32(37)15-10-11-19-40(39(29-30)36-16-6-3-7-17-36)41-38-26-24-35(25-27-38)34-22-20-33(21-23-34)31-12-4-2-5-13-31/h2-8,10,12-17,19-27,29,41H,1,9,11,18,28H2/b15-10-,39-29-,40-19+. The molecule has 6 rings (SSSR count). The van der Waals surface area contributed by atoms with Crippen molar-refractivity contribution in [3.63, 3.8) is 0 Å². The molecule has 0 bridgehead atoms. The summed E-state index contributed by atoms with van der Waals surface area (Å²) in [7, 11) is 0. The van der Waals surface area contributed by atoms with Crippen LogP contribution in [0.1, 0.15) is 31.2 Å². The number of allylic oxidation sites excluding steroid dienone is 10. The van der Waals surface area contributed by atoms with Gasteiger partial charge in [0.15, 0.2) is 0 Å². The van der Waals surface area contributed by atoms with Crippen LogP contribution >= 0.6 is 0 Å². The van der Waals surface area contributed by atoms with Gasteiger partial charge in [-0.1, -0.05) is 145 Å². The second-order valence-corrected chi connectivity index (χ2v) is 10.7. The number of hydrogen-bond acceptors (Lipinski definition) is 1. The maximum absolute atomic E-state index is 4.48. The molecular weight excluding hydrogens is 494 g/mol. The molecule has 1 nitrogen and oxygen atoms in total. The Morgan fingerprint density at radius 2 is 1.15 bits per heavy atom. The molecule has 0 atom stereocenters. The van der Waals surface area contributed by atoms with Crippen LogP contribution in [0.25, 0.3) is 27.8 Å². The van der Waals surface area contributed by atoms with Gasteiger partial charge in [-0.25, -0.2) is 0 Å². The van der Waals surface area contributed by atoms with Crippen molar-refractivity contribution in [3.05, 3.63) is 180 Å². The van der Waals surface area contributed by atoms with Crippen molar-refractivity contribution < 1.29 is 0 Å². The Morgan fingerprint density at radius 1 is 0.585 bits per heavy atom. The van der Waals surface area contributed by atoms with Gasteiger partial charge in [0.2, 0.25) is 0 Å². The van der Waals surface area contributed by atoms with E-state index in [0.717, 1.165) is 42.6 Å². The topological polar surface area (TPSA) is 12.0 Å². The van der Waals surface area contributed by atoms with E-state index in [1.807, 2.05) is 0 Å². The second kappa shape index (κ2) is 12.5. The first-order valence-corrected chi connectivity index (χ1v) is 14.5. The van der Waals surface area contributed by atoms with Gasteiger partial charge in [0, 0.05) is 17.0 Å². The third-order valence-corrected chi connectivity index (χ3v) is 7.73. The van der Waals surface area contributed by atoms with E-state index >= 15 is 0 Å². The van der Waals surface area contributed by atoms with E-state index in [-0.39, 0.29) is 0 Å². The molecule has 0 unspecified atom stereocenters. The van der Waals surface area contributed by atoms with Gasteiger partial charge in [0.1, 0.15) is 0 Å². The van der Waals surface area contributed by atoms with Gasteiger partial charge < -0.3 is 5.32 Å². The highest BCUT2D eigenvalue weighted by molar-refractivity contribution is 5.84. The molecule has 0 amide bonds. The van der Waals surface area contributed by atoms with Crippen LogP contribution in [-0.4, -0.2) is 0 Å². The van der Waals surface area contributed by atoms with Crippen LogP contribution in [-0.2, 0) is 0 Å². The van der Waals surface area contributed by atoms with Gasteiger partial charge in [-0.15, -0.1) is 0 Å². The van der Waals surface area contributed by atoms with Crippen LogP contribution < -0.4 is 5.32 Å². The summed E-state index contributed by atoms with van der Waals surface area (Å²) in [4.78, 5) is 0. The molecule has 2 aliphatic carbocycles. The summed E-state index contributed by atoms with van der Waals surface area (Å²) >= 11 is 0. The molecule has 0 saturated carbocycles. The van der Waals surface area contributed by atoms with Crippen LogP contribution in [0.3, 0.4) is 0 Å². The molecule has 0 heterocycles. The summed E-state index contributed by atoms with van der Waals surface area (Å²) in [5.74, 6) is 0. The molecule has 4 aromatic carbocycles. The zero-order valence-electron chi connectivity index (χ0n) is 23.4. The molecule has 0 spiro atoms. The zero-order valence-corrected chi connectivity index (χ0v) is 23.4. The molecular formula is C40H35N. The average molecular weight is 530 g/mol. The number of anilines is 1. The first kappa shape index (κ1) is 26.3. The Hall–Kier alpha value is -4.88. The summed E-state index contributed by atoms with van der Waals surface area (Å²) in [5.41, 5.74) is 13.3. The number of hydrogen-bond donors (Lipinski definition) is 1. The molecule has 0 fully saturated rings. The zero-order chi connectivity index (χ0) is 27.9. The Labute approximate surface area is 244 Å². The highest BCUT2D eigenvalue weighted by atomic mass is 14.9. The normalized spacial score (nSPS) is 18.8. The summed E-state index contributed by atoms with van der Waals surface area (Å²) in [5, 5.41) is 3.75. The Kier molecular flexibility index (Phi) is 8.05. The fourth-order valence-corrected chi connectivity index (χ4v) is 5.55. The average Bonchev–Trinajstić information content (AvgIpc) is 3.06. The SMILES string of the molecule is C=C1/C=C(c2ccccc2)\C(Nc2ccc(-c3ccc(-c4ccccc4)cc3)cc2)=C/C/C=C\C2=C(CCC=C2)C1. The van der Waals surface area contributed by atoms with Crippen molar-refractivity contribution in [1.29, 1.82) is 0 Å². The lowest BCUT2D eigenvalue weighted by Gasteiger charge is -2.18. The lowest BCUT2D eigenvalue weighted by molar-refractivity contribution is 0.902. The van der Waals surface area contributed by atoms with E-state index < -0.39 is 0 Å². The molecule has 0 aromatic heterocycles. The summed E-state index contributed by atoms with van der Waals surface area (Å²) < 4.78 is 0. The van der Waals surface area contributed by atoms with Crippen molar-refractivity contribution in [2.24, 2.45) is 0 Å². The molecule has 1 heteroatoms. The highest BCUT2D eigenvalue weighted by Gasteiger charge is 2.13. The predicted molar refractivity (Wildman–Crippen MR) is 176 cm³/mol. The molecule has 4 aromatic rings. The van der Waals surface area contributed by atoms with Gasteiger partial charge in [0.05, 0.1) is 0 Å². The highest BCUT2D eigenvalue weighted by Crippen LogP contribution is 2.32. The van der Waals surface area contributed by atoms with E-state index in [2.05, 4.69) is 158 Å². The van der Waals surface area contributed by atoms with Gasteiger partial charge in [0.25, 0.3) is 0 Å². The van der Waals surface area contributed by atoms with E-state index in [4.69, 9.17) is 0 Å². The van der Waals surface area contributed by atoms with E-state index in [1.54, 1.807) is 0 Å². The van der Waals surface area contributed by atoms with Crippen molar-refractivity contribution in [3.8, 4) is 22.3 Å². The smallest absolute Gasteiger partial charge is 0.0426 e. The predicted octanol–water partition coefficient (Wildman–Crippen LogP) is 11.0. The number of benzene rings is 4. The van der Waals surface area contributed by atoms with E-state index in [1.165, 1.54) is 44.5 Å². The Bertz CT molecular complexity index is 1660. The fourth-order valence-electron chi connectivity index (χ4n) is 5.55. The summed E-state index contributed by atoms with van der Waals surface area (Å²) in [6.07, 6.45) is 17.6. The fraction of sp³-hybridized carbons (Fsp3) is 0.100. The molecule has 1 N–H and O–H groups in total. The molecule has 0 aliphatic heterocycles. The Balaban J connectivity index is 1.27. The third-order valence-electron chi connectivity index (χ3n) is 7.73. The van der Waals surface area contributed by atoms with Crippen molar-refractivity contribution in [2.45, 2.75) is 25.7 Å². The molecule has 200 valence electrons. The maximum atomic E-state index is 4.48. The lowest BCUT2D eigenvalue weighted by Crippen LogP contribution is -2.03. The quantitative estimate of drug-likeness (QED) is 0.271. The van der Waals surface area contributed by atoms with E-state index in [0.29, 0.717) is 0 Å². The minimum absolute atomic E-state index is 0.843. The second-order valence-electron chi connectivity index (χ2n) is 10.7. The van der Waals surface area contributed by atoms with Gasteiger partial charge >= 0.3 is 0 Å². The van der Waals surface area contributed by atoms with Crippen LogP contribution in [0.2, 0.25) is 0 Å². The first-order valence-electron chi connectivity index (χ1n) is 14.5. The van der Waals surface area contributed by atoms with Gasteiger partial charge in [-0.05, 0) is 77.3 Å². The summed E-state index contributed by atoms with van der Waals surface area (Å²) in [6.45, 7) is 4.48.